The molecular formula is C13H5Cl5FNO2. The van der Waals surface area contributed by atoms with Crippen molar-refractivity contribution in [3.8, 4) is 11.3 Å². The summed E-state index contributed by atoms with van der Waals surface area (Å²) in [6.07, 6.45) is 0. The van der Waals surface area contributed by atoms with Gasteiger partial charge < -0.3 is 4.74 Å². The third-order valence-electron chi connectivity index (χ3n) is 2.69. The summed E-state index contributed by atoms with van der Waals surface area (Å²) >= 11 is 30.0. The van der Waals surface area contributed by atoms with Crippen molar-refractivity contribution in [3.05, 3.63) is 48.8 Å². The number of nitrogens with zero attached hydrogens (tertiary/aromatic N) is 1. The van der Waals surface area contributed by atoms with Gasteiger partial charge in [0.15, 0.2) is 11.5 Å². The summed E-state index contributed by atoms with van der Waals surface area (Å²) in [6.45, 7) is 0. The summed E-state index contributed by atoms with van der Waals surface area (Å²) in [4.78, 5) is 15.4. The number of carbonyl (C=O) groups is 1. The number of benzene rings is 1. The Hall–Kier alpha value is -0.780. The molecule has 0 bridgehead atoms. The number of hydrogen-bond acceptors (Lipinski definition) is 3. The lowest BCUT2D eigenvalue weighted by atomic mass is 10.1. The first-order chi connectivity index (χ1) is 10.3. The van der Waals surface area contributed by atoms with Crippen LogP contribution < -0.4 is 0 Å². The van der Waals surface area contributed by atoms with Crippen molar-refractivity contribution in [3.63, 3.8) is 0 Å². The van der Waals surface area contributed by atoms with Crippen LogP contribution in [0.5, 0.6) is 0 Å². The zero-order chi connectivity index (χ0) is 16.6. The molecule has 3 nitrogen and oxygen atoms in total. The highest BCUT2D eigenvalue weighted by Gasteiger charge is 2.23. The molecule has 0 N–H and O–H groups in total. The van der Waals surface area contributed by atoms with Gasteiger partial charge in [-0.25, -0.2) is 14.2 Å². The molecule has 0 saturated heterocycles. The standard InChI is InChI=1S/C13H5Cl5FNO2/c1-22-13(21)12-4(19)2-3-5(20-12)6-7(14)9(16)11(18)10(17)8(6)15/h2-3H,1H3. The number of rotatable bonds is 2. The van der Waals surface area contributed by atoms with E-state index in [4.69, 9.17) is 58.0 Å². The zero-order valence-electron chi connectivity index (χ0n) is 10.7. The van der Waals surface area contributed by atoms with Crippen LogP contribution in [-0.2, 0) is 4.74 Å². The highest BCUT2D eigenvalue weighted by atomic mass is 35.5. The van der Waals surface area contributed by atoms with E-state index < -0.39 is 17.5 Å². The molecule has 1 aromatic heterocycles. The van der Waals surface area contributed by atoms with Gasteiger partial charge in [0, 0.05) is 5.56 Å². The van der Waals surface area contributed by atoms with Crippen molar-refractivity contribution in [1.29, 1.82) is 0 Å². The lowest BCUT2D eigenvalue weighted by molar-refractivity contribution is 0.0588. The molecule has 9 heteroatoms. The molecule has 0 atom stereocenters. The summed E-state index contributed by atoms with van der Waals surface area (Å²) in [5, 5.41) is -0.110. The first-order valence-electron chi connectivity index (χ1n) is 5.56. The van der Waals surface area contributed by atoms with Gasteiger partial charge in [0.2, 0.25) is 0 Å². The Morgan fingerprint density at radius 1 is 1.00 bits per heavy atom. The van der Waals surface area contributed by atoms with Crippen LogP contribution in [0.3, 0.4) is 0 Å². The Bertz CT molecular complexity index is 753. The van der Waals surface area contributed by atoms with Gasteiger partial charge in [0.25, 0.3) is 0 Å². The van der Waals surface area contributed by atoms with Crippen LogP contribution in [0.15, 0.2) is 12.1 Å². The van der Waals surface area contributed by atoms with E-state index in [0.29, 0.717) is 0 Å². The predicted molar refractivity (Wildman–Crippen MR) is 86.0 cm³/mol. The Morgan fingerprint density at radius 2 is 1.50 bits per heavy atom. The second-order valence-electron chi connectivity index (χ2n) is 3.96. The molecule has 0 spiro atoms. The maximum atomic E-state index is 13.6. The highest BCUT2D eigenvalue weighted by Crippen LogP contribution is 2.47. The Morgan fingerprint density at radius 3 is 2.00 bits per heavy atom. The number of carbonyl (C=O) groups excluding carboxylic acids is 1. The van der Waals surface area contributed by atoms with E-state index in [9.17, 15) is 9.18 Å². The lowest BCUT2D eigenvalue weighted by Crippen LogP contribution is -2.08. The van der Waals surface area contributed by atoms with E-state index in [0.717, 1.165) is 13.2 Å². The monoisotopic (exact) mass is 401 g/mol. The summed E-state index contributed by atoms with van der Waals surface area (Å²) in [7, 11) is 1.10. The van der Waals surface area contributed by atoms with Gasteiger partial charge in [-0.2, -0.15) is 0 Å². The van der Waals surface area contributed by atoms with Crippen LogP contribution in [0.25, 0.3) is 11.3 Å². The van der Waals surface area contributed by atoms with E-state index in [2.05, 4.69) is 9.72 Å². The van der Waals surface area contributed by atoms with Gasteiger partial charge >= 0.3 is 5.97 Å². The maximum absolute atomic E-state index is 13.6. The van der Waals surface area contributed by atoms with E-state index in [-0.39, 0.29) is 36.4 Å². The summed E-state index contributed by atoms with van der Waals surface area (Å²) in [6, 6.07) is 2.30. The second kappa shape index (κ2) is 6.77. The molecule has 0 aliphatic rings. The van der Waals surface area contributed by atoms with Gasteiger partial charge in [-0.05, 0) is 12.1 Å². The minimum Gasteiger partial charge on any atom is -0.464 e. The molecule has 0 radical (unpaired) electrons. The molecule has 22 heavy (non-hydrogen) atoms. The maximum Gasteiger partial charge on any atom is 0.359 e. The third-order valence-corrected chi connectivity index (χ3v) is 4.97. The first kappa shape index (κ1) is 17.6. The van der Waals surface area contributed by atoms with Crippen LogP contribution in [-0.4, -0.2) is 18.1 Å². The molecule has 0 fully saturated rings. The largest absolute Gasteiger partial charge is 0.464 e. The third kappa shape index (κ3) is 2.99. The molecule has 2 aromatic rings. The average Bonchev–Trinajstić information content (AvgIpc) is 2.52. The number of halogens is 6. The number of hydrogen-bond donors (Lipinski definition) is 0. The molecule has 1 heterocycles. The van der Waals surface area contributed by atoms with Crippen molar-refractivity contribution in [2.75, 3.05) is 7.11 Å². The number of methoxy groups -OCH3 is 1. The van der Waals surface area contributed by atoms with E-state index in [1.807, 2.05) is 0 Å². The lowest BCUT2D eigenvalue weighted by Gasteiger charge is -2.12. The quantitative estimate of drug-likeness (QED) is 0.354. The summed E-state index contributed by atoms with van der Waals surface area (Å²) in [5.41, 5.74) is -0.292. The van der Waals surface area contributed by atoms with Gasteiger partial charge in [-0.15, -0.1) is 0 Å². The number of pyridine rings is 1. The molecule has 116 valence electrons. The van der Waals surface area contributed by atoms with Crippen molar-refractivity contribution in [1.82, 2.24) is 4.98 Å². The van der Waals surface area contributed by atoms with E-state index >= 15 is 0 Å². The minimum absolute atomic E-state index is 0.0163. The molecule has 0 aliphatic carbocycles. The molecule has 0 aliphatic heterocycles. The smallest absolute Gasteiger partial charge is 0.359 e. The molecule has 0 amide bonds. The molecule has 0 unspecified atom stereocenters. The Balaban J connectivity index is 2.76. The zero-order valence-corrected chi connectivity index (χ0v) is 14.5. The average molecular weight is 403 g/mol. The van der Waals surface area contributed by atoms with Crippen molar-refractivity contribution < 1.29 is 13.9 Å². The fourth-order valence-electron chi connectivity index (χ4n) is 1.65. The Labute approximate surface area is 149 Å². The van der Waals surface area contributed by atoms with Gasteiger partial charge in [0.05, 0.1) is 37.9 Å². The van der Waals surface area contributed by atoms with Crippen molar-refractivity contribution in [2.24, 2.45) is 0 Å². The fourth-order valence-corrected chi connectivity index (χ4v) is 2.98. The van der Waals surface area contributed by atoms with Gasteiger partial charge in [-0.1, -0.05) is 58.0 Å². The topological polar surface area (TPSA) is 39.2 Å². The molecule has 0 saturated carbocycles. The van der Waals surface area contributed by atoms with Crippen LogP contribution >= 0.6 is 58.0 Å². The Kier molecular flexibility index (Phi) is 5.41. The normalized spacial score (nSPS) is 10.7. The summed E-state index contributed by atoms with van der Waals surface area (Å²) in [5.74, 6) is -1.80. The van der Waals surface area contributed by atoms with Gasteiger partial charge in [0.1, 0.15) is 0 Å². The number of aromatic nitrogens is 1. The number of ether oxygens (including phenoxy) is 1. The SMILES string of the molecule is COC(=O)c1nc(-c2c(Cl)c(Cl)c(Cl)c(Cl)c2Cl)ccc1F. The predicted octanol–water partition coefficient (Wildman–Crippen LogP) is 5.94. The molecule has 2 rings (SSSR count). The number of esters is 1. The van der Waals surface area contributed by atoms with Crippen molar-refractivity contribution in [2.45, 2.75) is 0 Å². The first-order valence-corrected chi connectivity index (χ1v) is 7.45. The van der Waals surface area contributed by atoms with Crippen LogP contribution in [0.1, 0.15) is 10.5 Å². The van der Waals surface area contributed by atoms with Gasteiger partial charge in [-0.3, -0.25) is 0 Å². The molecular weight excluding hydrogens is 398 g/mol. The summed E-state index contributed by atoms with van der Waals surface area (Å²) < 4.78 is 18.1. The minimum atomic E-state index is -0.947. The molecule has 1 aromatic carbocycles. The van der Waals surface area contributed by atoms with Crippen LogP contribution in [0, 0.1) is 5.82 Å². The van der Waals surface area contributed by atoms with E-state index in [1.54, 1.807) is 0 Å². The fraction of sp³-hybridized carbons (Fsp3) is 0.0769. The van der Waals surface area contributed by atoms with Crippen LogP contribution in [0.2, 0.25) is 25.1 Å². The highest BCUT2D eigenvalue weighted by molar-refractivity contribution is 6.56. The van der Waals surface area contributed by atoms with E-state index in [1.165, 1.54) is 6.07 Å². The second-order valence-corrected chi connectivity index (χ2v) is 5.85. The van der Waals surface area contributed by atoms with Crippen LogP contribution in [0.4, 0.5) is 4.39 Å². The van der Waals surface area contributed by atoms with Crippen molar-refractivity contribution >= 4 is 64.0 Å².